The number of hydrogen-bond donors (Lipinski definition) is 1. The van der Waals surface area contributed by atoms with Gasteiger partial charge in [0.15, 0.2) is 0 Å². The number of aliphatic carboxylic acids is 1. The first-order valence-electron chi connectivity index (χ1n) is 4.02. The lowest BCUT2D eigenvalue weighted by Crippen LogP contribution is -2.04. The van der Waals surface area contributed by atoms with Crippen LogP contribution in [0.4, 0.5) is 0 Å². The van der Waals surface area contributed by atoms with Gasteiger partial charge in [0.2, 0.25) is 0 Å². The van der Waals surface area contributed by atoms with Gasteiger partial charge in [-0.05, 0) is 18.4 Å². The minimum Gasteiger partial charge on any atom is -0.481 e. The zero-order valence-electron chi connectivity index (χ0n) is 7.19. The van der Waals surface area contributed by atoms with Crippen LogP contribution in [0.15, 0.2) is 5.11 Å². The van der Waals surface area contributed by atoms with E-state index in [9.17, 15) is 4.79 Å². The summed E-state index contributed by atoms with van der Waals surface area (Å²) < 4.78 is 0.787. The van der Waals surface area contributed by atoms with Crippen LogP contribution >= 0.6 is 22.6 Å². The summed E-state index contributed by atoms with van der Waals surface area (Å²) in [5.41, 5.74) is 8.17. The van der Waals surface area contributed by atoms with Crippen molar-refractivity contribution in [1.29, 1.82) is 0 Å². The molecule has 13 heavy (non-hydrogen) atoms. The van der Waals surface area contributed by atoms with Gasteiger partial charge in [-0.15, -0.1) is 0 Å². The van der Waals surface area contributed by atoms with Crippen molar-refractivity contribution in [2.45, 2.75) is 31.7 Å². The van der Waals surface area contributed by atoms with E-state index < -0.39 is 5.97 Å². The molecule has 0 rings (SSSR count). The smallest absolute Gasteiger partial charge is 0.303 e. The number of nitrogens with zero attached hydrogens (tertiary/aromatic N) is 3. The van der Waals surface area contributed by atoms with Crippen molar-refractivity contribution in [2.24, 2.45) is 5.11 Å². The fourth-order valence-corrected chi connectivity index (χ4v) is 1.51. The zero-order valence-corrected chi connectivity index (χ0v) is 9.35. The Labute approximate surface area is 90.3 Å². The summed E-state index contributed by atoms with van der Waals surface area (Å²) in [6, 6.07) is 0.0133. The number of azide groups is 1. The summed E-state index contributed by atoms with van der Waals surface area (Å²) in [6.45, 7) is 0. The van der Waals surface area contributed by atoms with E-state index in [4.69, 9.17) is 10.6 Å². The van der Waals surface area contributed by atoms with E-state index in [1.165, 1.54) is 0 Å². The van der Waals surface area contributed by atoms with Crippen LogP contribution in [0.25, 0.3) is 10.4 Å². The summed E-state index contributed by atoms with van der Waals surface area (Å²) in [6.07, 6.45) is 2.44. The minimum atomic E-state index is -0.769. The maximum Gasteiger partial charge on any atom is 0.303 e. The maximum atomic E-state index is 10.2. The first kappa shape index (κ1) is 12.5. The first-order chi connectivity index (χ1) is 6.20. The molecule has 0 bridgehead atoms. The van der Waals surface area contributed by atoms with Crippen molar-refractivity contribution >= 4 is 28.6 Å². The Morgan fingerprint density at radius 1 is 1.62 bits per heavy atom. The average molecular weight is 297 g/mol. The molecule has 1 unspecified atom stereocenters. The van der Waals surface area contributed by atoms with Crippen molar-refractivity contribution in [2.75, 3.05) is 4.43 Å². The fraction of sp³-hybridized carbons (Fsp3) is 0.857. The highest BCUT2D eigenvalue weighted by atomic mass is 127. The first-order valence-corrected chi connectivity index (χ1v) is 5.55. The molecule has 74 valence electrons. The van der Waals surface area contributed by atoms with Gasteiger partial charge in [-0.1, -0.05) is 34.1 Å². The Hall–Kier alpha value is -0.490. The highest BCUT2D eigenvalue weighted by Crippen LogP contribution is 2.09. The second-order valence-electron chi connectivity index (χ2n) is 2.65. The van der Waals surface area contributed by atoms with Gasteiger partial charge in [-0.2, -0.15) is 0 Å². The van der Waals surface area contributed by atoms with Crippen molar-refractivity contribution in [1.82, 2.24) is 0 Å². The second-order valence-corrected chi connectivity index (χ2v) is 3.53. The molecule has 0 aromatic heterocycles. The highest BCUT2D eigenvalue weighted by Gasteiger charge is 2.04. The standard InChI is InChI=1S/C7H12IN3O2/c8-5-6(10-11-9)3-1-2-4-7(12)13/h6H,1-5H2,(H,12,13). The Morgan fingerprint density at radius 3 is 2.77 bits per heavy atom. The molecular weight excluding hydrogens is 285 g/mol. The quantitative estimate of drug-likeness (QED) is 0.196. The molecule has 0 amide bonds. The van der Waals surface area contributed by atoms with Gasteiger partial charge < -0.3 is 5.11 Å². The van der Waals surface area contributed by atoms with Gasteiger partial charge in [0.05, 0.1) is 0 Å². The number of rotatable bonds is 7. The molecule has 0 saturated carbocycles. The van der Waals surface area contributed by atoms with E-state index in [2.05, 4.69) is 32.6 Å². The van der Waals surface area contributed by atoms with Gasteiger partial charge in [0, 0.05) is 21.8 Å². The zero-order chi connectivity index (χ0) is 10.1. The Bertz CT molecular complexity index is 204. The molecule has 0 radical (unpaired) electrons. The van der Waals surface area contributed by atoms with Crippen molar-refractivity contribution < 1.29 is 9.90 Å². The number of carboxylic acid groups (broad SMARTS) is 1. The summed E-state index contributed by atoms with van der Waals surface area (Å²) in [7, 11) is 0. The van der Waals surface area contributed by atoms with Crippen LogP contribution in [0.5, 0.6) is 0 Å². The molecule has 0 aromatic rings. The van der Waals surface area contributed by atoms with Gasteiger partial charge >= 0.3 is 5.97 Å². The lowest BCUT2D eigenvalue weighted by Gasteiger charge is -2.04. The topological polar surface area (TPSA) is 86.1 Å². The molecule has 6 heteroatoms. The number of alkyl halides is 1. The molecule has 0 heterocycles. The minimum absolute atomic E-state index is 0.0133. The molecule has 5 nitrogen and oxygen atoms in total. The number of hydrogen-bond acceptors (Lipinski definition) is 2. The molecular formula is C7H12IN3O2. The van der Waals surface area contributed by atoms with Crippen LogP contribution < -0.4 is 0 Å². The van der Waals surface area contributed by atoms with Crippen LogP contribution in [-0.2, 0) is 4.79 Å². The molecule has 0 saturated heterocycles. The number of unbranched alkanes of at least 4 members (excludes halogenated alkanes) is 1. The van der Waals surface area contributed by atoms with Crippen molar-refractivity contribution in [3.63, 3.8) is 0 Å². The summed E-state index contributed by atoms with van der Waals surface area (Å²) in [5.74, 6) is -0.769. The SMILES string of the molecule is [N-]=[N+]=NC(CI)CCCCC(=O)O. The van der Waals surface area contributed by atoms with Gasteiger partial charge in [0.1, 0.15) is 0 Å². The molecule has 0 aliphatic heterocycles. The molecule has 0 aliphatic carbocycles. The molecule has 0 aromatic carbocycles. The second kappa shape index (κ2) is 8.12. The third-order valence-electron chi connectivity index (χ3n) is 1.57. The predicted octanol–water partition coefficient (Wildman–Crippen LogP) is 2.75. The third kappa shape index (κ3) is 7.86. The third-order valence-corrected chi connectivity index (χ3v) is 2.59. The molecule has 0 fully saturated rings. The van der Waals surface area contributed by atoms with Crippen LogP contribution in [0.1, 0.15) is 25.7 Å². The lowest BCUT2D eigenvalue weighted by molar-refractivity contribution is -0.137. The summed E-state index contributed by atoms with van der Waals surface area (Å²) >= 11 is 2.16. The number of carbonyl (C=O) groups is 1. The highest BCUT2D eigenvalue weighted by molar-refractivity contribution is 14.1. The summed E-state index contributed by atoms with van der Waals surface area (Å²) in [4.78, 5) is 12.9. The largest absolute Gasteiger partial charge is 0.481 e. The number of carboxylic acids is 1. The monoisotopic (exact) mass is 297 g/mol. The van der Waals surface area contributed by atoms with Crippen LogP contribution in [0, 0.1) is 0 Å². The van der Waals surface area contributed by atoms with Gasteiger partial charge in [0.25, 0.3) is 0 Å². The molecule has 0 spiro atoms. The molecule has 1 atom stereocenters. The Morgan fingerprint density at radius 2 is 2.31 bits per heavy atom. The fourth-order valence-electron chi connectivity index (χ4n) is 0.895. The van der Waals surface area contributed by atoms with Crippen LogP contribution in [0.3, 0.4) is 0 Å². The van der Waals surface area contributed by atoms with Crippen molar-refractivity contribution in [3.8, 4) is 0 Å². The number of halogens is 1. The van der Waals surface area contributed by atoms with E-state index >= 15 is 0 Å². The van der Waals surface area contributed by atoms with E-state index in [0.717, 1.165) is 17.3 Å². The van der Waals surface area contributed by atoms with E-state index in [0.29, 0.717) is 6.42 Å². The van der Waals surface area contributed by atoms with Crippen molar-refractivity contribution in [3.05, 3.63) is 10.4 Å². The van der Waals surface area contributed by atoms with E-state index in [-0.39, 0.29) is 12.5 Å². The van der Waals surface area contributed by atoms with Gasteiger partial charge in [-0.3, -0.25) is 4.79 Å². The molecule has 1 N–H and O–H groups in total. The Balaban J connectivity index is 3.49. The van der Waals surface area contributed by atoms with E-state index in [1.54, 1.807) is 0 Å². The normalized spacial score (nSPS) is 11.8. The molecule has 0 aliphatic rings. The predicted molar refractivity (Wildman–Crippen MR) is 57.9 cm³/mol. The summed E-state index contributed by atoms with van der Waals surface area (Å²) in [5, 5.41) is 11.9. The lowest BCUT2D eigenvalue weighted by atomic mass is 10.1. The van der Waals surface area contributed by atoms with Crippen LogP contribution in [-0.4, -0.2) is 21.5 Å². The van der Waals surface area contributed by atoms with E-state index in [1.807, 2.05) is 0 Å². The average Bonchev–Trinajstić information content (AvgIpc) is 2.10. The van der Waals surface area contributed by atoms with Crippen LogP contribution in [0.2, 0.25) is 0 Å². The Kier molecular flexibility index (Phi) is 7.82. The van der Waals surface area contributed by atoms with Gasteiger partial charge in [-0.25, -0.2) is 0 Å². The maximum absolute atomic E-state index is 10.2.